The van der Waals surface area contributed by atoms with E-state index in [9.17, 15) is 4.79 Å². The van der Waals surface area contributed by atoms with Gasteiger partial charge in [-0.3, -0.25) is 4.99 Å². The van der Waals surface area contributed by atoms with E-state index in [0.717, 1.165) is 5.04 Å². The molecule has 0 aromatic carbocycles. The lowest BCUT2D eigenvalue weighted by Gasteiger charge is -2.21. The van der Waals surface area contributed by atoms with Crippen molar-refractivity contribution < 1.29 is 9.53 Å². The molecule has 1 rings (SSSR count). The second kappa shape index (κ2) is 4.21. The van der Waals surface area contributed by atoms with Crippen molar-refractivity contribution in [1.82, 2.24) is 5.32 Å². The smallest absolute Gasteiger partial charge is 0.408 e. The molecule has 1 N–H and O–H groups in total. The third-order valence-corrected chi connectivity index (χ3v) is 2.49. The Morgan fingerprint density at radius 3 is 2.71 bits per heavy atom. The predicted molar refractivity (Wildman–Crippen MR) is 58.7 cm³/mol. The molecule has 1 atom stereocenters. The molecule has 1 heterocycles. The van der Waals surface area contributed by atoms with E-state index >= 15 is 0 Å². The number of amides is 1. The molecule has 0 saturated heterocycles. The molecule has 0 saturated carbocycles. The van der Waals surface area contributed by atoms with Gasteiger partial charge in [-0.25, -0.2) is 4.79 Å². The number of carbonyl (C=O) groups excluding carboxylic acids is 1. The van der Waals surface area contributed by atoms with E-state index in [2.05, 4.69) is 10.3 Å². The van der Waals surface area contributed by atoms with Crippen LogP contribution in [0.1, 0.15) is 27.7 Å². The van der Waals surface area contributed by atoms with Crippen molar-refractivity contribution in [2.24, 2.45) is 4.99 Å². The van der Waals surface area contributed by atoms with Gasteiger partial charge >= 0.3 is 6.09 Å². The average Bonchev–Trinajstić information content (AvgIpc) is 2.30. The molecule has 0 fully saturated rings. The normalized spacial score (nSPS) is 21.7. The summed E-state index contributed by atoms with van der Waals surface area (Å²) in [6.45, 7) is 8.10. The van der Waals surface area contributed by atoms with Crippen LogP contribution in [0.25, 0.3) is 0 Å². The van der Waals surface area contributed by atoms with Crippen LogP contribution in [0.3, 0.4) is 0 Å². The van der Waals surface area contributed by atoms with Gasteiger partial charge < -0.3 is 10.1 Å². The maximum Gasteiger partial charge on any atom is 0.408 e. The largest absolute Gasteiger partial charge is 0.444 e. The third-order valence-electron chi connectivity index (χ3n) is 1.47. The molecule has 4 nitrogen and oxygen atoms in total. The third kappa shape index (κ3) is 4.00. The first kappa shape index (κ1) is 11.4. The van der Waals surface area contributed by atoms with Gasteiger partial charge in [0.05, 0.1) is 11.6 Å². The molecule has 1 amide bonds. The van der Waals surface area contributed by atoms with Crippen LogP contribution in [-0.4, -0.2) is 28.7 Å². The molecule has 0 spiro atoms. The highest BCUT2D eigenvalue weighted by atomic mass is 32.2. The lowest BCUT2D eigenvalue weighted by atomic mass is 10.2. The molecule has 0 aliphatic carbocycles. The number of nitrogens with zero attached hydrogens (tertiary/aromatic N) is 1. The van der Waals surface area contributed by atoms with Gasteiger partial charge in [-0.15, -0.1) is 0 Å². The molecular formula is C9H16N2O2S. The number of alkyl carbamates (subject to hydrolysis) is 1. The summed E-state index contributed by atoms with van der Waals surface area (Å²) in [5.41, 5.74) is -0.441. The number of hydrogen-bond acceptors (Lipinski definition) is 4. The second-order valence-corrected chi connectivity index (χ2v) is 5.51. The Balaban J connectivity index is 2.29. The standard InChI is InChI=1S/C9H16N2O2S/c1-6-10-5-7(14-6)11-8(12)13-9(2,3)4/h7H,5H2,1-4H3,(H,11,12). The van der Waals surface area contributed by atoms with Crippen LogP contribution in [0, 0.1) is 0 Å². The quantitative estimate of drug-likeness (QED) is 0.729. The molecule has 14 heavy (non-hydrogen) atoms. The molecule has 1 aliphatic heterocycles. The first-order valence-corrected chi connectivity index (χ1v) is 5.42. The van der Waals surface area contributed by atoms with Crippen molar-refractivity contribution in [3.63, 3.8) is 0 Å². The zero-order valence-corrected chi connectivity index (χ0v) is 9.77. The molecule has 1 unspecified atom stereocenters. The van der Waals surface area contributed by atoms with Crippen molar-refractivity contribution in [2.45, 2.75) is 38.7 Å². The summed E-state index contributed by atoms with van der Waals surface area (Å²) in [6, 6.07) is 0. The first-order chi connectivity index (χ1) is 6.37. The van der Waals surface area contributed by atoms with Crippen LogP contribution in [-0.2, 0) is 4.74 Å². The van der Waals surface area contributed by atoms with E-state index in [0.29, 0.717) is 6.54 Å². The molecule has 1 aliphatic rings. The number of aliphatic imine (C=N–C) groups is 1. The minimum Gasteiger partial charge on any atom is -0.444 e. The Morgan fingerprint density at radius 1 is 1.64 bits per heavy atom. The van der Waals surface area contributed by atoms with Gasteiger partial charge in [0.25, 0.3) is 0 Å². The Labute approximate surface area is 88.5 Å². The highest BCUT2D eigenvalue weighted by molar-refractivity contribution is 8.14. The maximum absolute atomic E-state index is 11.3. The second-order valence-electron chi connectivity index (χ2n) is 4.11. The fourth-order valence-corrected chi connectivity index (χ4v) is 1.87. The Hall–Kier alpha value is -0.710. The van der Waals surface area contributed by atoms with Crippen LogP contribution in [0.2, 0.25) is 0 Å². The van der Waals surface area contributed by atoms with Gasteiger partial charge in [-0.05, 0) is 27.7 Å². The van der Waals surface area contributed by atoms with Gasteiger partial charge in [0, 0.05) is 0 Å². The predicted octanol–water partition coefficient (Wildman–Crippen LogP) is 2.00. The summed E-state index contributed by atoms with van der Waals surface area (Å²) in [5.74, 6) is 0. The molecular weight excluding hydrogens is 200 g/mol. The Kier molecular flexibility index (Phi) is 3.42. The zero-order valence-electron chi connectivity index (χ0n) is 8.96. The van der Waals surface area contributed by atoms with Crippen molar-refractivity contribution in [2.75, 3.05) is 6.54 Å². The topological polar surface area (TPSA) is 50.7 Å². The lowest BCUT2D eigenvalue weighted by molar-refractivity contribution is 0.0524. The lowest BCUT2D eigenvalue weighted by Crippen LogP contribution is -2.38. The monoisotopic (exact) mass is 216 g/mol. The van der Waals surface area contributed by atoms with Crippen LogP contribution in [0.4, 0.5) is 4.79 Å². The summed E-state index contributed by atoms with van der Waals surface area (Å²) in [6.07, 6.45) is -0.375. The molecule has 0 aromatic rings. The summed E-state index contributed by atoms with van der Waals surface area (Å²) >= 11 is 1.56. The van der Waals surface area contributed by atoms with E-state index in [4.69, 9.17) is 4.74 Å². The fourth-order valence-electron chi connectivity index (χ4n) is 1.01. The fraction of sp³-hybridized carbons (Fsp3) is 0.778. The van der Waals surface area contributed by atoms with E-state index in [-0.39, 0.29) is 11.5 Å². The molecule has 0 aromatic heterocycles. The highest BCUT2D eigenvalue weighted by Crippen LogP contribution is 2.18. The SMILES string of the molecule is CC1=NCC(NC(=O)OC(C)(C)C)S1. The molecule has 80 valence electrons. The van der Waals surface area contributed by atoms with Gasteiger partial charge in [-0.2, -0.15) is 0 Å². The van der Waals surface area contributed by atoms with E-state index in [1.807, 2.05) is 27.7 Å². The highest BCUT2D eigenvalue weighted by Gasteiger charge is 2.22. The number of carbonyl (C=O) groups is 1. The van der Waals surface area contributed by atoms with Crippen LogP contribution in [0.15, 0.2) is 4.99 Å². The van der Waals surface area contributed by atoms with Crippen molar-refractivity contribution in [3.05, 3.63) is 0 Å². The van der Waals surface area contributed by atoms with Crippen molar-refractivity contribution in [3.8, 4) is 0 Å². The molecule has 0 radical (unpaired) electrons. The zero-order chi connectivity index (χ0) is 10.8. The number of thioether (sulfide) groups is 1. The Bertz CT molecular complexity index is 258. The summed E-state index contributed by atoms with van der Waals surface area (Å²) in [4.78, 5) is 15.5. The van der Waals surface area contributed by atoms with Crippen LogP contribution in [0.5, 0.6) is 0 Å². The Morgan fingerprint density at radius 2 is 2.29 bits per heavy atom. The summed E-state index contributed by atoms with van der Waals surface area (Å²) in [5, 5.41) is 3.79. The number of ether oxygens (including phenoxy) is 1. The van der Waals surface area contributed by atoms with Gasteiger partial charge in [0.15, 0.2) is 0 Å². The summed E-state index contributed by atoms with van der Waals surface area (Å²) < 4.78 is 5.12. The number of rotatable bonds is 1. The van der Waals surface area contributed by atoms with Crippen LogP contribution < -0.4 is 5.32 Å². The minimum atomic E-state index is -0.441. The van der Waals surface area contributed by atoms with E-state index in [1.54, 1.807) is 11.8 Å². The number of nitrogens with one attached hydrogen (secondary N) is 1. The average molecular weight is 216 g/mol. The van der Waals surface area contributed by atoms with Gasteiger partial charge in [0.2, 0.25) is 0 Å². The van der Waals surface area contributed by atoms with Crippen LogP contribution >= 0.6 is 11.8 Å². The number of hydrogen-bond donors (Lipinski definition) is 1. The minimum absolute atomic E-state index is 0.0323. The van der Waals surface area contributed by atoms with E-state index < -0.39 is 5.60 Å². The van der Waals surface area contributed by atoms with Crippen molar-refractivity contribution >= 4 is 22.9 Å². The molecule has 0 bridgehead atoms. The first-order valence-electron chi connectivity index (χ1n) is 4.54. The molecule has 5 heteroatoms. The van der Waals surface area contributed by atoms with E-state index in [1.165, 1.54) is 0 Å². The summed E-state index contributed by atoms with van der Waals surface area (Å²) in [7, 11) is 0. The van der Waals surface area contributed by atoms with Gasteiger partial charge in [0.1, 0.15) is 11.0 Å². The van der Waals surface area contributed by atoms with Crippen molar-refractivity contribution in [1.29, 1.82) is 0 Å². The maximum atomic E-state index is 11.3. The van der Waals surface area contributed by atoms with Gasteiger partial charge in [-0.1, -0.05) is 11.8 Å².